The minimum atomic E-state index is 0.213. The van der Waals surface area contributed by atoms with E-state index in [1.807, 2.05) is 11.0 Å². The molecule has 1 N–H and O–H groups in total. The van der Waals surface area contributed by atoms with Crippen LogP contribution in [0, 0.1) is 0 Å². The highest BCUT2D eigenvalue weighted by atomic mass is 32.1. The Balaban J connectivity index is 1.60. The van der Waals surface area contributed by atoms with E-state index in [4.69, 9.17) is 0 Å². The summed E-state index contributed by atoms with van der Waals surface area (Å²) in [6, 6.07) is 8.36. The van der Waals surface area contributed by atoms with Crippen LogP contribution in [0.4, 0.5) is 5.69 Å². The number of carbonyl (C=O) groups is 1. The van der Waals surface area contributed by atoms with Crippen molar-refractivity contribution in [3.05, 3.63) is 29.6 Å². The summed E-state index contributed by atoms with van der Waals surface area (Å²) in [5.74, 6) is 0.213. The lowest BCUT2D eigenvalue weighted by Crippen LogP contribution is -2.39. The normalized spacial score (nSPS) is 15.7. The van der Waals surface area contributed by atoms with E-state index in [-0.39, 0.29) is 5.91 Å². The molecule has 2 aromatic rings. The predicted octanol–water partition coefficient (Wildman–Crippen LogP) is 3.33. The maximum Gasteiger partial charge on any atom is 0.241 e. The van der Waals surface area contributed by atoms with Crippen molar-refractivity contribution in [2.75, 3.05) is 25.0 Å². The van der Waals surface area contributed by atoms with Crippen molar-refractivity contribution in [2.24, 2.45) is 0 Å². The Morgan fingerprint density at radius 3 is 2.89 bits per heavy atom. The Bertz CT molecular complexity index is 572. The van der Waals surface area contributed by atoms with Crippen LogP contribution in [0.3, 0.4) is 0 Å². The van der Waals surface area contributed by atoms with Gasteiger partial charge in [0.1, 0.15) is 0 Å². The number of benzene rings is 1. The number of anilines is 1. The van der Waals surface area contributed by atoms with E-state index in [9.17, 15) is 4.79 Å². The third-order valence-electron chi connectivity index (χ3n) is 3.60. The fourth-order valence-electron chi connectivity index (χ4n) is 2.51. The van der Waals surface area contributed by atoms with E-state index in [1.54, 1.807) is 11.3 Å². The average molecular weight is 274 g/mol. The number of likely N-dealkylation sites (tertiary alicyclic amines) is 1. The summed E-state index contributed by atoms with van der Waals surface area (Å²) in [6.45, 7) is 2.24. The molecule has 1 amide bonds. The molecule has 2 heterocycles. The average Bonchev–Trinajstić information content (AvgIpc) is 2.93. The summed E-state index contributed by atoms with van der Waals surface area (Å²) in [5.41, 5.74) is 1.02. The lowest BCUT2D eigenvalue weighted by Gasteiger charge is -2.26. The van der Waals surface area contributed by atoms with Gasteiger partial charge in [-0.3, -0.25) is 4.79 Å². The zero-order valence-electron chi connectivity index (χ0n) is 10.9. The smallest absolute Gasteiger partial charge is 0.241 e. The molecule has 100 valence electrons. The van der Waals surface area contributed by atoms with Crippen LogP contribution in [0.1, 0.15) is 19.3 Å². The zero-order chi connectivity index (χ0) is 13.1. The maximum absolute atomic E-state index is 12.1. The lowest BCUT2D eigenvalue weighted by molar-refractivity contribution is -0.130. The molecule has 0 bridgehead atoms. The van der Waals surface area contributed by atoms with Crippen LogP contribution in [0.15, 0.2) is 29.6 Å². The largest absolute Gasteiger partial charge is 0.376 e. The topological polar surface area (TPSA) is 32.3 Å². The minimum absolute atomic E-state index is 0.213. The van der Waals surface area contributed by atoms with Crippen LogP contribution < -0.4 is 5.32 Å². The van der Waals surface area contributed by atoms with Crippen LogP contribution in [0.25, 0.3) is 10.1 Å². The molecule has 1 aliphatic heterocycles. The first-order valence-electron chi connectivity index (χ1n) is 6.82. The van der Waals surface area contributed by atoms with Gasteiger partial charge in [-0.1, -0.05) is 0 Å². The van der Waals surface area contributed by atoms with Crippen molar-refractivity contribution in [2.45, 2.75) is 19.3 Å². The van der Waals surface area contributed by atoms with Gasteiger partial charge in [-0.15, -0.1) is 11.3 Å². The molecule has 0 spiro atoms. The number of amides is 1. The highest BCUT2D eigenvalue weighted by Gasteiger charge is 2.15. The molecule has 1 fully saturated rings. The summed E-state index contributed by atoms with van der Waals surface area (Å²) in [7, 11) is 0. The van der Waals surface area contributed by atoms with Gasteiger partial charge in [0, 0.05) is 23.5 Å². The van der Waals surface area contributed by atoms with Crippen LogP contribution in [-0.4, -0.2) is 30.4 Å². The van der Waals surface area contributed by atoms with Gasteiger partial charge in [-0.25, -0.2) is 0 Å². The third kappa shape index (κ3) is 2.89. The van der Waals surface area contributed by atoms with Gasteiger partial charge < -0.3 is 10.2 Å². The number of nitrogens with one attached hydrogen (secondary N) is 1. The lowest BCUT2D eigenvalue weighted by atomic mass is 10.1. The second kappa shape index (κ2) is 5.61. The second-order valence-corrected chi connectivity index (χ2v) is 5.92. The van der Waals surface area contributed by atoms with Crippen molar-refractivity contribution in [1.82, 2.24) is 4.90 Å². The van der Waals surface area contributed by atoms with Gasteiger partial charge in [0.2, 0.25) is 5.91 Å². The van der Waals surface area contributed by atoms with Crippen molar-refractivity contribution < 1.29 is 4.79 Å². The first kappa shape index (κ1) is 12.5. The highest BCUT2D eigenvalue weighted by Crippen LogP contribution is 2.23. The van der Waals surface area contributed by atoms with E-state index in [0.717, 1.165) is 31.6 Å². The van der Waals surface area contributed by atoms with E-state index < -0.39 is 0 Å². The Morgan fingerprint density at radius 1 is 1.21 bits per heavy atom. The molecule has 1 aromatic carbocycles. The Kier molecular flexibility index (Phi) is 3.69. The van der Waals surface area contributed by atoms with Crippen molar-refractivity contribution >= 4 is 33.0 Å². The maximum atomic E-state index is 12.1. The van der Waals surface area contributed by atoms with Gasteiger partial charge in [0.05, 0.1) is 6.54 Å². The molecular weight excluding hydrogens is 256 g/mol. The molecule has 0 aliphatic carbocycles. The van der Waals surface area contributed by atoms with Crippen LogP contribution in [-0.2, 0) is 4.79 Å². The number of fused-ring (bicyclic) bond motifs is 1. The first-order valence-corrected chi connectivity index (χ1v) is 7.70. The number of rotatable bonds is 3. The number of piperidine rings is 1. The van der Waals surface area contributed by atoms with Gasteiger partial charge in [0.15, 0.2) is 0 Å². The molecule has 3 rings (SSSR count). The van der Waals surface area contributed by atoms with Crippen LogP contribution >= 0.6 is 11.3 Å². The van der Waals surface area contributed by atoms with Crippen molar-refractivity contribution in [3.63, 3.8) is 0 Å². The molecular formula is C15H18N2OS. The van der Waals surface area contributed by atoms with E-state index in [2.05, 4.69) is 28.9 Å². The standard InChI is InChI=1S/C15H18N2OS/c18-15(17-7-2-1-3-8-17)11-16-13-4-5-14-12(10-13)6-9-19-14/h4-6,9-10,16H,1-3,7-8,11H2. The highest BCUT2D eigenvalue weighted by molar-refractivity contribution is 7.17. The van der Waals surface area contributed by atoms with E-state index in [1.165, 1.54) is 16.5 Å². The summed E-state index contributed by atoms with van der Waals surface area (Å²) in [6.07, 6.45) is 3.55. The predicted molar refractivity (Wildman–Crippen MR) is 80.7 cm³/mol. The number of thiophene rings is 1. The second-order valence-electron chi connectivity index (χ2n) is 4.97. The zero-order valence-corrected chi connectivity index (χ0v) is 11.7. The first-order chi connectivity index (χ1) is 9.33. The summed E-state index contributed by atoms with van der Waals surface area (Å²) in [4.78, 5) is 14.0. The number of hydrogen-bond acceptors (Lipinski definition) is 3. The molecule has 1 saturated heterocycles. The number of carbonyl (C=O) groups excluding carboxylic acids is 1. The molecule has 1 aromatic heterocycles. The molecule has 0 saturated carbocycles. The van der Waals surface area contributed by atoms with E-state index in [0.29, 0.717) is 6.54 Å². The molecule has 0 unspecified atom stereocenters. The van der Waals surface area contributed by atoms with Crippen molar-refractivity contribution in [3.8, 4) is 0 Å². The van der Waals surface area contributed by atoms with E-state index >= 15 is 0 Å². The molecule has 19 heavy (non-hydrogen) atoms. The molecule has 0 atom stereocenters. The Morgan fingerprint density at radius 2 is 2.05 bits per heavy atom. The van der Waals surface area contributed by atoms with Crippen molar-refractivity contribution in [1.29, 1.82) is 0 Å². The molecule has 0 radical (unpaired) electrons. The molecule has 3 nitrogen and oxygen atoms in total. The van der Waals surface area contributed by atoms with Gasteiger partial charge in [0.25, 0.3) is 0 Å². The summed E-state index contributed by atoms with van der Waals surface area (Å²) < 4.78 is 1.29. The molecule has 4 heteroatoms. The van der Waals surface area contributed by atoms with Crippen LogP contribution in [0.2, 0.25) is 0 Å². The third-order valence-corrected chi connectivity index (χ3v) is 4.50. The fourth-order valence-corrected chi connectivity index (χ4v) is 3.28. The Labute approximate surface area is 117 Å². The number of hydrogen-bond donors (Lipinski definition) is 1. The monoisotopic (exact) mass is 274 g/mol. The van der Waals surface area contributed by atoms with Gasteiger partial charge in [-0.05, 0) is 54.3 Å². The molecule has 1 aliphatic rings. The van der Waals surface area contributed by atoms with Gasteiger partial charge >= 0.3 is 0 Å². The minimum Gasteiger partial charge on any atom is -0.376 e. The van der Waals surface area contributed by atoms with Gasteiger partial charge in [-0.2, -0.15) is 0 Å². The quantitative estimate of drug-likeness (QED) is 0.931. The van der Waals surface area contributed by atoms with Crippen LogP contribution in [0.5, 0.6) is 0 Å². The fraction of sp³-hybridized carbons (Fsp3) is 0.400. The Hall–Kier alpha value is -1.55. The number of nitrogens with zero attached hydrogens (tertiary/aromatic N) is 1. The summed E-state index contributed by atoms with van der Waals surface area (Å²) in [5, 5.41) is 6.56. The SMILES string of the molecule is O=C(CNc1ccc2sccc2c1)N1CCCCC1. The summed E-state index contributed by atoms with van der Waals surface area (Å²) >= 11 is 1.74.